The van der Waals surface area contributed by atoms with E-state index in [2.05, 4.69) is 25.7 Å². The number of anilines is 1. The molecule has 3 heteroatoms. The monoisotopic (exact) mass is 221 g/mol. The van der Waals surface area contributed by atoms with Crippen molar-refractivity contribution < 1.29 is 9.90 Å². The molecule has 0 amide bonds. The van der Waals surface area contributed by atoms with Crippen LogP contribution in [0.1, 0.15) is 37.6 Å². The molecule has 0 radical (unpaired) electrons. The normalized spacial score (nSPS) is 10.5. The van der Waals surface area contributed by atoms with Gasteiger partial charge in [0.05, 0.1) is 5.56 Å². The Bertz CT molecular complexity index is 343. The Morgan fingerprint density at radius 3 is 2.25 bits per heavy atom. The zero-order chi connectivity index (χ0) is 12.1. The van der Waals surface area contributed by atoms with Gasteiger partial charge in [0.1, 0.15) is 0 Å². The average Bonchev–Trinajstić information content (AvgIpc) is 2.25. The largest absolute Gasteiger partial charge is 0.478 e. The molecule has 1 aromatic rings. The fourth-order valence-corrected chi connectivity index (χ4v) is 1.72. The summed E-state index contributed by atoms with van der Waals surface area (Å²) >= 11 is 0. The van der Waals surface area contributed by atoms with Gasteiger partial charge in [-0.25, -0.2) is 4.79 Å². The predicted molar refractivity (Wildman–Crippen MR) is 66.2 cm³/mol. The van der Waals surface area contributed by atoms with E-state index in [1.165, 1.54) is 0 Å². The number of hydrogen-bond acceptors (Lipinski definition) is 2. The van der Waals surface area contributed by atoms with Gasteiger partial charge in [-0.2, -0.15) is 0 Å². The van der Waals surface area contributed by atoms with Crippen molar-refractivity contribution >= 4 is 11.7 Å². The highest BCUT2D eigenvalue weighted by atomic mass is 16.4. The molecule has 3 nitrogen and oxygen atoms in total. The molecule has 1 rings (SSSR count). The van der Waals surface area contributed by atoms with Crippen LogP contribution in [0.5, 0.6) is 0 Å². The molecule has 0 spiro atoms. The molecule has 0 aliphatic carbocycles. The van der Waals surface area contributed by atoms with Crippen LogP contribution < -0.4 is 4.90 Å². The maximum absolute atomic E-state index is 10.7. The minimum atomic E-state index is -0.877. The van der Waals surface area contributed by atoms with Gasteiger partial charge in [0.25, 0.3) is 0 Å². The van der Waals surface area contributed by atoms with Crippen molar-refractivity contribution in [3.8, 4) is 0 Å². The molecule has 88 valence electrons. The van der Waals surface area contributed by atoms with Crippen molar-refractivity contribution in [2.45, 2.75) is 33.2 Å². The van der Waals surface area contributed by atoms with E-state index < -0.39 is 5.97 Å². The molecule has 0 bridgehead atoms. The van der Waals surface area contributed by atoms with E-state index >= 15 is 0 Å². The first kappa shape index (κ1) is 12.6. The molecule has 0 saturated carbocycles. The summed E-state index contributed by atoms with van der Waals surface area (Å²) in [5.74, 6) is -0.877. The molecule has 16 heavy (non-hydrogen) atoms. The molecule has 0 saturated heterocycles. The summed E-state index contributed by atoms with van der Waals surface area (Å²) in [6.45, 7) is 7.41. The number of carbonyl (C=O) groups is 1. The summed E-state index contributed by atoms with van der Waals surface area (Å²) in [6, 6.07) is 7.49. The predicted octanol–water partition coefficient (Wildman–Crippen LogP) is 3.01. The van der Waals surface area contributed by atoms with Crippen LogP contribution in [0.25, 0.3) is 0 Å². The van der Waals surface area contributed by atoms with E-state index in [1.807, 2.05) is 12.1 Å². The van der Waals surface area contributed by atoms with Crippen molar-refractivity contribution in [3.05, 3.63) is 29.8 Å². The van der Waals surface area contributed by atoms with Crippen LogP contribution in [0.2, 0.25) is 0 Å². The van der Waals surface area contributed by atoms with Crippen molar-refractivity contribution in [2.24, 2.45) is 0 Å². The first-order valence-corrected chi connectivity index (χ1v) is 5.66. The van der Waals surface area contributed by atoms with Crippen LogP contribution >= 0.6 is 0 Å². The Balaban J connectivity index is 2.89. The summed E-state index contributed by atoms with van der Waals surface area (Å²) in [5, 5.41) is 8.81. The first-order valence-electron chi connectivity index (χ1n) is 5.66. The second-order valence-electron chi connectivity index (χ2n) is 4.14. The lowest BCUT2D eigenvalue weighted by atomic mass is 10.1. The highest BCUT2D eigenvalue weighted by Crippen LogP contribution is 2.18. The molecule has 0 aliphatic rings. The number of carboxylic acids is 1. The Morgan fingerprint density at radius 2 is 1.88 bits per heavy atom. The molecule has 0 unspecified atom stereocenters. The number of aromatic carboxylic acids is 1. The van der Waals surface area contributed by atoms with Gasteiger partial charge in [0.2, 0.25) is 0 Å². The van der Waals surface area contributed by atoms with Gasteiger partial charge in [-0.15, -0.1) is 0 Å². The third-order valence-electron chi connectivity index (χ3n) is 2.53. The molecule has 0 atom stereocenters. The van der Waals surface area contributed by atoms with Gasteiger partial charge < -0.3 is 10.0 Å². The lowest BCUT2D eigenvalue weighted by Crippen LogP contribution is -2.31. The fraction of sp³-hybridized carbons (Fsp3) is 0.462. The van der Waals surface area contributed by atoms with Crippen molar-refractivity contribution in [2.75, 3.05) is 11.4 Å². The summed E-state index contributed by atoms with van der Waals surface area (Å²) in [4.78, 5) is 13.0. The van der Waals surface area contributed by atoms with E-state index in [0.717, 1.165) is 18.7 Å². The zero-order valence-electron chi connectivity index (χ0n) is 10.1. The van der Waals surface area contributed by atoms with Crippen LogP contribution in [0, 0.1) is 0 Å². The van der Waals surface area contributed by atoms with Crippen molar-refractivity contribution in [1.29, 1.82) is 0 Å². The minimum Gasteiger partial charge on any atom is -0.478 e. The zero-order valence-corrected chi connectivity index (χ0v) is 10.1. The second-order valence-corrected chi connectivity index (χ2v) is 4.14. The summed E-state index contributed by atoms with van der Waals surface area (Å²) in [5.41, 5.74) is 1.42. The highest BCUT2D eigenvalue weighted by Gasteiger charge is 2.10. The SMILES string of the molecule is CCCN(c1ccc(C(=O)O)cc1)C(C)C. The molecule has 0 heterocycles. The third kappa shape index (κ3) is 2.99. The van der Waals surface area contributed by atoms with Gasteiger partial charge in [-0.05, 0) is 44.5 Å². The standard InChI is InChI=1S/C13H19NO2/c1-4-9-14(10(2)3)12-7-5-11(6-8-12)13(15)16/h5-8,10H,4,9H2,1-3H3,(H,15,16). The van der Waals surface area contributed by atoms with Gasteiger partial charge in [0, 0.05) is 18.3 Å². The maximum atomic E-state index is 10.7. The number of nitrogens with zero attached hydrogens (tertiary/aromatic N) is 1. The van der Waals surface area contributed by atoms with Crippen LogP contribution in [0.4, 0.5) is 5.69 Å². The van der Waals surface area contributed by atoms with E-state index in [4.69, 9.17) is 5.11 Å². The number of hydrogen-bond donors (Lipinski definition) is 1. The summed E-state index contributed by atoms with van der Waals surface area (Å²) in [6.07, 6.45) is 1.08. The molecule has 0 aromatic heterocycles. The molecule has 0 aliphatic heterocycles. The topological polar surface area (TPSA) is 40.5 Å². The highest BCUT2D eigenvalue weighted by molar-refractivity contribution is 5.88. The number of rotatable bonds is 5. The van der Waals surface area contributed by atoms with Crippen LogP contribution in [0.3, 0.4) is 0 Å². The molecule has 1 aromatic carbocycles. The van der Waals surface area contributed by atoms with E-state index in [0.29, 0.717) is 11.6 Å². The lowest BCUT2D eigenvalue weighted by Gasteiger charge is -2.28. The Kier molecular flexibility index (Phi) is 4.35. The minimum absolute atomic E-state index is 0.337. The molecular weight excluding hydrogens is 202 g/mol. The lowest BCUT2D eigenvalue weighted by molar-refractivity contribution is 0.0697. The van der Waals surface area contributed by atoms with E-state index in [1.54, 1.807) is 12.1 Å². The van der Waals surface area contributed by atoms with Crippen LogP contribution in [0.15, 0.2) is 24.3 Å². The third-order valence-corrected chi connectivity index (χ3v) is 2.53. The smallest absolute Gasteiger partial charge is 0.335 e. The molecule has 1 N–H and O–H groups in total. The molecule has 0 fully saturated rings. The van der Waals surface area contributed by atoms with Crippen LogP contribution in [-0.2, 0) is 0 Å². The van der Waals surface area contributed by atoms with E-state index in [-0.39, 0.29) is 0 Å². The Morgan fingerprint density at radius 1 is 1.31 bits per heavy atom. The Hall–Kier alpha value is -1.51. The van der Waals surface area contributed by atoms with Gasteiger partial charge >= 0.3 is 5.97 Å². The van der Waals surface area contributed by atoms with E-state index in [9.17, 15) is 4.79 Å². The number of benzene rings is 1. The second kappa shape index (κ2) is 5.54. The first-order chi connectivity index (χ1) is 7.56. The maximum Gasteiger partial charge on any atom is 0.335 e. The average molecular weight is 221 g/mol. The summed E-state index contributed by atoms with van der Waals surface area (Å²) in [7, 11) is 0. The van der Waals surface area contributed by atoms with Gasteiger partial charge in [-0.3, -0.25) is 0 Å². The quantitative estimate of drug-likeness (QED) is 0.830. The Labute approximate surface area is 96.7 Å². The van der Waals surface area contributed by atoms with Gasteiger partial charge in [-0.1, -0.05) is 6.92 Å². The van der Waals surface area contributed by atoms with Crippen molar-refractivity contribution in [1.82, 2.24) is 0 Å². The van der Waals surface area contributed by atoms with Gasteiger partial charge in [0.15, 0.2) is 0 Å². The molecular formula is C13H19NO2. The number of carboxylic acid groups (broad SMARTS) is 1. The van der Waals surface area contributed by atoms with Crippen LogP contribution in [-0.4, -0.2) is 23.7 Å². The fourth-order valence-electron chi connectivity index (χ4n) is 1.72. The van der Waals surface area contributed by atoms with Crippen molar-refractivity contribution in [3.63, 3.8) is 0 Å². The summed E-state index contributed by atoms with van der Waals surface area (Å²) < 4.78 is 0.